The summed E-state index contributed by atoms with van der Waals surface area (Å²) in [7, 11) is 1.91. The fourth-order valence-electron chi connectivity index (χ4n) is 2.38. The van der Waals surface area contributed by atoms with Gasteiger partial charge in [0.2, 0.25) is 5.91 Å². The van der Waals surface area contributed by atoms with Crippen LogP contribution in [0, 0.1) is 0 Å². The molecule has 1 aromatic heterocycles. The number of amides is 2. The number of nitrogens with one attached hydrogen (secondary N) is 3. The predicted octanol–water partition coefficient (Wildman–Crippen LogP) is 0.976. The van der Waals surface area contributed by atoms with Gasteiger partial charge in [-0.2, -0.15) is 0 Å². The minimum Gasteiger partial charge on any atom is -0.455 e. The molecule has 1 heterocycles. The van der Waals surface area contributed by atoms with Crippen molar-refractivity contribution in [3.63, 3.8) is 0 Å². The van der Waals surface area contributed by atoms with E-state index in [9.17, 15) is 9.59 Å². The van der Waals surface area contributed by atoms with Gasteiger partial charge in [0.25, 0.3) is 5.91 Å². The smallest absolute Gasteiger partial charge is 0.275 e. The van der Waals surface area contributed by atoms with Crippen LogP contribution in [0.5, 0.6) is 0 Å². The third kappa shape index (κ3) is 6.36. The van der Waals surface area contributed by atoms with E-state index in [1.54, 1.807) is 0 Å². The molecule has 3 N–H and O–H groups in total. The maximum atomic E-state index is 11.9. The minimum absolute atomic E-state index is 0.00835. The van der Waals surface area contributed by atoms with E-state index in [0.29, 0.717) is 13.1 Å². The van der Waals surface area contributed by atoms with E-state index in [2.05, 4.69) is 26.6 Å². The van der Waals surface area contributed by atoms with Gasteiger partial charge in [-0.3, -0.25) is 9.59 Å². The molecular formula is C18H23BrN3O3+. The number of hydrogen-bond donors (Lipinski definition) is 3. The lowest BCUT2D eigenvalue weighted by Gasteiger charge is -2.12. The van der Waals surface area contributed by atoms with Crippen molar-refractivity contribution in [3.8, 4) is 11.3 Å². The standard InChI is InChI=1S/C18H22BrN3O3/c1-3-20-17(23)10-21-18(24)12-22(2)11-15-8-9-16(25-15)13-4-6-14(19)7-5-13/h4-9H,3,10-12H2,1-2H3,(H,20,23)(H,21,24)/p+1. The normalized spacial score (nSPS) is 11.8. The molecule has 1 aromatic carbocycles. The molecule has 0 aliphatic heterocycles. The molecule has 1 unspecified atom stereocenters. The van der Waals surface area contributed by atoms with Gasteiger partial charge in [-0.25, -0.2) is 0 Å². The van der Waals surface area contributed by atoms with Crippen LogP contribution in [-0.4, -0.2) is 38.5 Å². The third-order valence-electron chi connectivity index (χ3n) is 3.55. The molecule has 0 saturated carbocycles. The van der Waals surface area contributed by atoms with Crippen molar-refractivity contribution in [1.82, 2.24) is 10.6 Å². The second-order valence-corrected chi connectivity index (χ2v) is 6.73. The number of likely N-dealkylation sites (N-methyl/N-ethyl adjacent to an activating group) is 2. The first-order valence-corrected chi connectivity index (χ1v) is 8.96. The molecule has 0 fully saturated rings. The largest absolute Gasteiger partial charge is 0.455 e. The van der Waals surface area contributed by atoms with Gasteiger partial charge < -0.3 is 20.0 Å². The lowest BCUT2D eigenvalue weighted by molar-refractivity contribution is -0.886. The number of halogens is 1. The summed E-state index contributed by atoms with van der Waals surface area (Å²) in [6.07, 6.45) is 0. The van der Waals surface area contributed by atoms with Gasteiger partial charge in [-0.05, 0) is 31.2 Å². The zero-order valence-corrected chi connectivity index (χ0v) is 16.0. The van der Waals surface area contributed by atoms with Crippen LogP contribution < -0.4 is 15.5 Å². The number of carbonyl (C=O) groups is 2. The number of rotatable bonds is 8. The second kappa shape index (κ2) is 9.39. The Morgan fingerprint density at radius 3 is 2.48 bits per heavy atom. The Kier molecular flexibility index (Phi) is 7.21. The Morgan fingerprint density at radius 2 is 1.80 bits per heavy atom. The van der Waals surface area contributed by atoms with Crippen LogP contribution in [-0.2, 0) is 16.1 Å². The van der Waals surface area contributed by atoms with Crippen molar-refractivity contribution >= 4 is 27.7 Å². The summed E-state index contributed by atoms with van der Waals surface area (Å²) in [6, 6.07) is 11.8. The highest BCUT2D eigenvalue weighted by Crippen LogP contribution is 2.23. The van der Waals surface area contributed by atoms with E-state index in [-0.39, 0.29) is 24.9 Å². The Bertz CT molecular complexity index is 713. The number of carbonyl (C=O) groups excluding carboxylic acids is 2. The third-order valence-corrected chi connectivity index (χ3v) is 4.08. The minimum atomic E-state index is -0.182. The van der Waals surface area contributed by atoms with E-state index in [1.165, 1.54) is 0 Å². The van der Waals surface area contributed by atoms with E-state index >= 15 is 0 Å². The Morgan fingerprint density at radius 1 is 1.08 bits per heavy atom. The van der Waals surface area contributed by atoms with Gasteiger partial charge >= 0.3 is 0 Å². The van der Waals surface area contributed by atoms with Gasteiger partial charge in [0, 0.05) is 16.6 Å². The topological polar surface area (TPSA) is 75.8 Å². The predicted molar refractivity (Wildman–Crippen MR) is 99.0 cm³/mol. The van der Waals surface area contributed by atoms with Crippen LogP contribution >= 0.6 is 15.9 Å². The van der Waals surface area contributed by atoms with Crippen molar-refractivity contribution in [2.45, 2.75) is 13.5 Å². The molecule has 2 rings (SSSR count). The number of hydrogen-bond acceptors (Lipinski definition) is 3. The molecule has 7 heteroatoms. The summed E-state index contributed by atoms with van der Waals surface area (Å²) in [4.78, 5) is 24.2. The van der Waals surface area contributed by atoms with Crippen LogP contribution in [0.3, 0.4) is 0 Å². The summed E-state index contributed by atoms with van der Waals surface area (Å²) in [5.41, 5.74) is 1.01. The summed E-state index contributed by atoms with van der Waals surface area (Å²) >= 11 is 3.41. The van der Waals surface area contributed by atoms with Crippen LogP contribution in [0.25, 0.3) is 11.3 Å². The Balaban J connectivity index is 1.82. The molecular weight excluding hydrogens is 386 g/mol. The first-order chi connectivity index (χ1) is 12.0. The molecule has 0 radical (unpaired) electrons. The average molecular weight is 409 g/mol. The maximum Gasteiger partial charge on any atom is 0.275 e. The van der Waals surface area contributed by atoms with Crippen LogP contribution in [0.2, 0.25) is 0 Å². The highest BCUT2D eigenvalue weighted by Gasteiger charge is 2.14. The Labute approximate surface area is 155 Å². The van der Waals surface area contributed by atoms with Crippen molar-refractivity contribution in [1.29, 1.82) is 0 Å². The molecule has 0 aliphatic rings. The van der Waals surface area contributed by atoms with Crippen LogP contribution in [0.1, 0.15) is 12.7 Å². The van der Waals surface area contributed by atoms with Gasteiger partial charge in [0.05, 0.1) is 13.6 Å². The van der Waals surface area contributed by atoms with Crippen molar-refractivity contribution in [2.24, 2.45) is 0 Å². The highest BCUT2D eigenvalue weighted by atomic mass is 79.9. The van der Waals surface area contributed by atoms with Gasteiger partial charge in [0.1, 0.15) is 12.3 Å². The maximum absolute atomic E-state index is 11.9. The molecule has 2 amide bonds. The zero-order chi connectivity index (χ0) is 18.2. The highest BCUT2D eigenvalue weighted by molar-refractivity contribution is 9.10. The molecule has 134 valence electrons. The van der Waals surface area contributed by atoms with Crippen LogP contribution in [0.4, 0.5) is 0 Å². The van der Waals surface area contributed by atoms with Crippen LogP contribution in [0.15, 0.2) is 45.3 Å². The molecule has 6 nitrogen and oxygen atoms in total. The second-order valence-electron chi connectivity index (χ2n) is 5.81. The molecule has 25 heavy (non-hydrogen) atoms. The number of quaternary nitrogens is 1. The monoisotopic (exact) mass is 408 g/mol. The molecule has 0 aliphatic carbocycles. The summed E-state index contributed by atoms with van der Waals surface area (Å²) in [5, 5.41) is 5.25. The zero-order valence-electron chi connectivity index (χ0n) is 14.4. The quantitative estimate of drug-likeness (QED) is 0.609. The van der Waals surface area contributed by atoms with E-state index < -0.39 is 0 Å². The fourth-order valence-corrected chi connectivity index (χ4v) is 2.64. The molecule has 1 atom stereocenters. The van der Waals surface area contributed by atoms with Crippen molar-refractivity contribution < 1.29 is 18.9 Å². The first kappa shape index (κ1) is 19.2. The first-order valence-electron chi connectivity index (χ1n) is 8.17. The molecule has 0 saturated heterocycles. The van der Waals surface area contributed by atoms with E-state index in [4.69, 9.17) is 4.42 Å². The van der Waals surface area contributed by atoms with Gasteiger partial charge in [0.15, 0.2) is 12.3 Å². The van der Waals surface area contributed by atoms with E-state index in [0.717, 1.165) is 26.5 Å². The molecule has 2 aromatic rings. The number of benzene rings is 1. The summed E-state index contributed by atoms with van der Waals surface area (Å²) in [6.45, 7) is 3.26. The van der Waals surface area contributed by atoms with Gasteiger partial charge in [-0.1, -0.05) is 28.1 Å². The summed E-state index contributed by atoms with van der Waals surface area (Å²) in [5.74, 6) is 1.27. The lowest BCUT2D eigenvalue weighted by atomic mass is 10.2. The summed E-state index contributed by atoms with van der Waals surface area (Å²) < 4.78 is 6.88. The molecule has 0 bridgehead atoms. The Hall–Kier alpha value is -2.12. The number of furan rings is 1. The lowest BCUT2D eigenvalue weighted by Crippen LogP contribution is -3.08. The average Bonchev–Trinajstić information content (AvgIpc) is 3.02. The van der Waals surface area contributed by atoms with Crippen molar-refractivity contribution in [3.05, 3.63) is 46.6 Å². The van der Waals surface area contributed by atoms with Crippen molar-refractivity contribution in [2.75, 3.05) is 26.7 Å². The fraction of sp³-hybridized carbons (Fsp3) is 0.333. The van der Waals surface area contributed by atoms with Gasteiger partial charge in [-0.15, -0.1) is 0 Å². The van der Waals surface area contributed by atoms with E-state index in [1.807, 2.05) is 50.4 Å². The molecule has 0 spiro atoms. The SMILES string of the molecule is CCNC(=O)CNC(=O)C[NH+](C)Cc1ccc(-c2ccc(Br)cc2)o1.